The summed E-state index contributed by atoms with van der Waals surface area (Å²) in [6.07, 6.45) is 0. The summed E-state index contributed by atoms with van der Waals surface area (Å²) in [5.41, 5.74) is 0.879. The lowest BCUT2D eigenvalue weighted by Crippen LogP contribution is -2.17. The lowest BCUT2D eigenvalue weighted by molar-refractivity contribution is -0.385. The zero-order chi connectivity index (χ0) is 14.5. The van der Waals surface area contributed by atoms with Crippen molar-refractivity contribution in [3.63, 3.8) is 0 Å². The van der Waals surface area contributed by atoms with Gasteiger partial charge in [-0.25, -0.2) is 0 Å². The molecule has 2 rings (SSSR count). The van der Waals surface area contributed by atoms with Crippen molar-refractivity contribution in [2.45, 2.75) is 19.5 Å². The molecule has 1 N–H and O–H groups in total. The van der Waals surface area contributed by atoms with Crippen molar-refractivity contribution in [1.29, 1.82) is 0 Å². The van der Waals surface area contributed by atoms with Gasteiger partial charge in [-0.3, -0.25) is 10.1 Å². The average molecular weight is 292 g/mol. The van der Waals surface area contributed by atoms with E-state index in [1.54, 1.807) is 23.5 Å². The molecule has 0 aliphatic carbocycles. The van der Waals surface area contributed by atoms with Crippen molar-refractivity contribution in [3.8, 4) is 5.75 Å². The minimum Gasteiger partial charge on any atom is -0.496 e. The molecule has 2 aromatic rings. The van der Waals surface area contributed by atoms with Crippen LogP contribution in [-0.2, 0) is 6.54 Å². The smallest absolute Gasteiger partial charge is 0.273 e. The van der Waals surface area contributed by atoms with E-state index in [2.05, 4.69) is 18.3 Å². The Bertz CT molecular complexity index is 584. The standard InChI is InChI=1S/C14H16N2O3S/c1-10(14-4-3-5-20-14)15-9-11-6-12(16(17)18)8-13(7-11)19-2/h3-8,10,15H,9H2,1-2H3. The molecule has 5 nitrogen and oxygen atoms in total. The van der Waals surface area contributed by atoms with Crippen molar-refractivity contribution >= 4 is 17.0 Å². The minimum atomic E-state index is -0.408. The highest BCUT2D eigenvalue weighted by Crippen LogP contribution is 2.24. The van der Waals surface area contributed by atoms with Gasteiger partial charge in [0.1, 0.15) is 5.75 Å². The van der Waals surface area contributed by atoms with Crippen LogP contribution in [0.1, 0.15) is 23.4 Å². The molecule has 1 aromatic heterocycles. The van der Waals surface area contributed by atoms with E-state index in [1.807, 2.05) is 11.4 Å². The molecule has 0 saturated carbocycles. The Labute approximate surface area is 121 Å². The fourth-order valence-corrected chi connectivity index (χ4v) is 2.64. The number of thiophene rings is 1. The molecule has 0 aliphatic rings. The van der Waals surface area contributed by atoms with Crippen molar-refractivity contribution < 1.29 is 9.66 Å². The predicted octanol–water partition coefficient (Wildman–Crippen LogP) is 3.52. The lowest BCUT2D eigenvalue weighted by Gasteiger charge is -2.12. The van der Waals surface area contributed by atoms with Crippen molar-refractivity contribution in [2.24, 2.45) is 0 Å². The maximum Gasteiger partial charge on any atom is 0.273 e. The first-order valence-electron chi connectivity index (χ1n) is 6.19. The van der Waals surface area contributed by atoms with Crippen molar-refractivity contribution in [1.82, 2.24) is 5.32 Å². The summed E-state index contributed by atoms with van der Waals surface area (Å²) in [5, 5.41) is 16.3. The fourth-order valence-electron chi connectivity index (χ4n) is 1.88. The second kappa shape index (κ2) is 6.49. The first-order valence-corrected chi connectivity index (χ1v) is 7.07. The second-order valence-electron chi connectivity index (χ2n) is 4.41. The van der Waals surface area contributed by atoms with Gasteiger partial charge in [0.05, 0.1) is 18.1 Å². The molecule has 0 amide bonds. The normalized spacial score (nSPS) is 12.1. The summed E-state index contributed by atoms with van der Waals surface area (Å²) in [5.74, 6) is 0.500. The monoisotopic (exact) mass is 292 g/mol. The zero-order valence-corrected chi connectivity index (χ0v) is 12.1. The van der Waals surface area contributed by atoms with Gasteiger partial charge in [0.2, 0.25) is 0 Å². The molecule has 106 valence electrons. The Balaban J connectivity index is 2.09. The van der Waals surface area contributed by atoms with Crippen LogP contribution in [0, 0.1) is 10.1 Å². The number of rotatable bonds is 6. The summed E-state index contributed by atoms with van der Waals surface area (Å²) < 4.78 is 5.09. The number of nitrogens with one attached hydrogen (secondary N) is 1. The number of hydrogen-bond donors (Lipinski definition) is 1. The predicted molar refractivity (Wildman–Crippen MR) is 79.2 cm³/mol. The van der Waals surface area contributed by atoms with Gasteiger partial charge < -0.3 is 10.1 Å². The number of nitro groups is 1. The number of nitro benzene ring substituents is 1. The Hall–Kier alpha value is -1.92. The van der Waals surface area contributed by atoms with E-state index in [1.165, 1.54) is 18.1 Å². The van der Waals surface area contributed by atoms with Gasteiger partial charge in [-0.05, 0) is 30.0 Å². The van der Waals surface area contributed by atoms with E-state index in [-0.39, 0.29) is 11.7 Å². The van der Waals surface area contributed by atoms with Gasteiger partial charge in [0.15, 0.2) is 0 Å². The Kier molecular flexibility index (Phi) is 4.70. The third-order valence-corrected chi connectivity index (χ3v) is 4.03. The minimum absolute atomic E-state index is 0.0462. The van der Waals surface area contributed by atoms with Crippen LogP contribution in [0.2, 0.25) is 0 Å². The first kappa shape index (κ1) is 14.5. The van der Waals surface area contributed by atoms with Crippen LogP contribution in [0.3, 0.4) is 0 Å². The summed E-state index contributed by atoms with van der Waals surface area (Å²) >= 11 is 1.69. The Morgan fingerprint density at radius 2 is 2.25 bits per heavy atom. The van der Waals surface area contributed by atoms with Gasteiger partial charge in [-0.2, -0.15) is 0 Å². The summed E-state index contributed by atoms with van der Waals surface area (Å²) in [7, 11) is 1.50. The maximum atomic E-state index is 10.9. The maximum absolute atomic E-state index is 10.9. The number of hydrogen-bond acceptors (Lipinski definition) is 5. The molecule has 1 aromatic carbocycles. The van der Waals surface area contributed by atoms with Crippen LogP contribution in [0.4, 0.5) is 5.69 Å². The van der Waals surface area contributed by atoms with Crippen LogP contribution in [0.25, 0.3) is 0 Å². The van der Waals surface area contributed by atoms with E-state index in [9.17, 15) is 10.1 Å². The van der Waals surface area contributed by atoms with Crippen molar-refractivity contribution in [3.05, 3.63) is 56.3 Å². The molecule has 1 unspecified atom stereocenters. The average Bonchev–Trinajstić information content (AvgIpc) is 2.98. The van der Waals surface area contributed by atoms with Crippen LogP contribution in [0.5, 0.6) is 5.75 Å². The van der Waals surface area contributed by atoms with E-state index in [0.29, 0.717) is 12.3 Å². The molecule has 6 heteroatoms. The number of methoxy groups -OCH3 is 1. The quantitative estimate of drug-likeness (QED) is 0.653. The molecule has 0 radical (unpaired) electrons. The molecule has 20 heavy (non-hydrogen) atoms. The van der Waals surface area contributed by atoms with Crippen LogP contribution in [-0.4, -0.2) is 12.0 Å². The molecule has 1 heterocycles. The molecular formula is C14H16N2O3S. The number of benzene rings is 1. The van der Waals surface area contributed by atoms with Gasteiger partial charge in [-0.15, -0.1) is 11.3 Å². The third kappa shape index (κ3) is 3.55. The summed E-state index contributed by atoms with van der Waals surface area (Å²) in [4.78, 5) is 11.7. The molecule has 0 spiro atoms. The first-order chi connectivity index (χ1) is 9.60. The van der Waals surface area contributed by atoms with Gasteiger partial charge in [0, 0.05) is 23.5 Å². The largest absolute Gasteiger partial charge is 0.496 e. The highest BCUT2D eigenvalue weighted by molar-refractivity contribution is 7.10. The third-order valence-electron chi connectivity index (χ3n) is 2.98. The number of non-ortho nitro benzene ring substituents is 1. The summed E-state index contributed by atoms with van der Waals surface area (Å²) in [6.45, 7) is 2.62. The van der Waals surface area contributed by atoms with Gasteiger partial charge in [-0.1, -0.05) is 6.07 Å². The lowest BCUT2D eigenvalue weighted by atomic mass is 10.1. The summed E-state index contributed by atoms with van der Waals surface area (Å²) in [6, 6.07) is 9.08. The molecule has 0 saturated heterocycles. The molecule has 0 aliphatic heterocycles. The molecule has 0 bridgehead atoms. The van der Waals surface area contributed by atoms with Crippen molar-refractivity contribution in [2.75, 3.05) is 7.11 Å². The van der Waals surface area contributed by atoms with E-state index in [4.69, 9.17) is 4.74 Å². The Morgan fingerprint density at radius 1 is 1.45 bits per heavy atom. The number of nitrogens with zero attached hydrogens (tertiary/aromatic N) is 1. The highest BCUT2D eigenvalue weighted by atomic mass is 32.1. The highest BCUT2D eigenvalue weighted by Gasteiger charge is 2.11. The van der Waals surface area contributed by atoms with Gasteiger partial charge >= 0.3 is 0 Å². The van der Waals surface area contributed by atoms with Crippen LogP contribution in [0.15, 0.2) is 35.7 Å². The fraction of sp³-hybridized carbons (Fsp3) is 0.286. The second-order valence-corrected chi connectivity index (χ2v) is 5.39. The van der Waals surface area contributed by atoms with Crippen LogP contribution < -0.4 is 10.1 Å². The zero-order valence-electron chi connectivity index (χ0n) is 11.3. The molecular weight excluding hydrogens is 276 g/mol. The number of ether oxygens (including phenoxy) is 1. The van der Waals surface area contributed by atoms with Crippen LogP contribution >= 0.6 is 11.3 Å². The van der Waals surface area contributed by atoms with Gasteiger partial charge in [0.25, 0.3) is 5.69 Å². The molecule has 0 fully saturated rings. The Morgan fingerprint density at radius 3 is 2.85 bits per heavy atom. The van der Waals surface area contributed by atoms with E-state index in [0.717, 1.165) is 5.56 Å². The topological polar surface area (TPSA) is 64.4 Å². The van der Waals surface area contributed by atoms with E-state index < -0.39 is 4.92 Å². The molecule has 1 atom stereocenters. The SMILES string of the molecule is COc1cc(CNC(C)c2cccs2)cc([N+](=O)[O-])c1. The van der Waals surface area contributed by atoms with E-state index >= 15 is 0 Å².